The fourth-order valence-electron chi connectivity index (χ4n) is 1.76. The topological polar surface area (TPSA) is 38.3 Å². The van der Waals surface area contributed by atoms with Crippen molar-refractivity contribution in [3.63, 3.8) is 0 Å². The fourth-order valence-corrected chi connectivity index (χ4v) is 2.35. The van der Waals surface area contributed by atoms with E-state index in [-0.39, 0.29) is 18.9 Å². The van der Waals surface area contributed by atoms with Crippen molar-refractivity contribution >= 4 is 23.4 Å². The SMILES string of the molecule is O=C(CCOc1ccccc1)Nc1ccccc1SC(F)F. The lowest BCUT2D eigenvalue weighted by Crippen LogP contribution is -2.15. The normalized spacial score (nSPS) is 10.5. The molecule has 2 aromatic carbocycles. The number of ether oxygens (including phenoxy) is 1. The molecule has 0 aliphatic heterocycles. The summed E-state index contributed by atoms with van der Waals surface area (Å²) in [7, 11) is 0. The number of nitrogens with one attached hydrogen (secondary N) is 1. The van der Waals surface area contributed by atoms with Gasteiger partial charge in [0.2, 0.25) is 5.91 Å². The van der Waals surface area contributed by atoms with Crippen LogP contribution in [0.3, 0.4) is 0 Å². The molecule has 2 aromatic rings. The number of rotatable bonds is 7. The van der Waals surface area contributed by atoms with Crippen LogP contribution in [0.1, 0.15) is 6.42 Å². The molecule has 0 saturated carbocycles. The van der Waals surface area contributed by atoms with Crippen molar-refractivity contribution in [2.45, 2.75) is 17.1 Å². The summed E-state index contributed by atoms with van der Waals surface area (Å²) in [6.07, 6.45) is 0.141. The van der Waals surface area contributed by atoms with Gasteiger partial charge in [-0.1, -0.05) is 42.1 Å². The molecule has 0 spiro atoms. The van der Waals surface area contributed by atoms with Gasteiger partial charge in [-0.05, 0) is 24.3 Å². The van der Waals surface area contributed by atoms with Gasteiger partial charge in [-0.2, -0.15) is 8.78 Å². The van der Waals surface area contributed by atoms with Gasteiger partial charge >= 0.3 is 0 Å². The number of halogens is 2. The van der Waals surface area contributed by atoms with Gasteiger partial charge < -0.3 is 10.1 Å². The van der Waals surface area contributed by atoms with E-state index in [2.05, 4.69) is 5.32 Å². The van der Waals surface area contributed by atoms with Gasteiger partial charge in [-0.15, -0.1) is 0 Å². The molecule has 0 aliphatic rings. The van der Waals surface area contributed by atoms with Gasteiger partial charge in [0, 0.05) is 4.90 Å². The lowest BCUT2D eigenvalue weighted by atomic mass is 10.3. The average Bonchev–Trinajstić information content (AvgIpc) is 2.50. The van der Waals surface area contributed by atoms with Crippen molar-refractivity contribution < 1.29 is 18.3 Å². The summed E-state index contributed by atoms with van der Waals surface area (Å²) in [5.74, 6) is -2.12. The molecule has 0 atom stereocenters. The van der Waals surface area contributed by atoms with Gasteiger partial charge in [0.25, 0.3) is 5.76 Å². The number of thioether (sulfide) groups is 1. The van der Waals surface area contributed by atoms with E-state index in [4.69, 9.17) is 4.74 Å². The molecule has 0 bridgehead atoms. The van der Waals surface area contributed by atoms with Gasteiger partial charge in [0.1, 0.15) is 5.75 Å². The van der Waals surface area contributed by atoms with Crippen molar-refractivity contribution in [3.8, 4) is 5.75 Å². The first kappa shape index (κ1) is 16.3. The monoisotopic (exact) mass is 323 g/mol. The molecule has 116 valence electrons. The zero-order valence-electron chi connectivity index (χ0n) is 11.7. The number of hydrogen-bond donors (Lipinski definition) is 1. The van der Waals surface area contributed by atoms with Crippen LogP contribution in [0, 0.1) is 0 Å². The minimum Gasteiger partial charge on any atom is -0.493 e. The highest BCUT2D eigenvalue weighted by molar-refractivity contribution is 7.99. The highest BCUT2D eigenvalue weighted by Crippen LogP contribution is 2.31. The summed E-state index contributed by atoms with van der Waals surface area (Å²) >= 11 is 0.408. The summed E-state index contributed by atoms with van der Waals surface area (Å²) < 4.78 is 30.3. The van der Waals surface area contributed by atoms with Crippen LogP contribution in [0.2, 0.25) is 0 Å². The molecule has 1 N–H and O–H groups in total. The maximum absolute atomic E-state index is 12.5. The van der Waals surface area contributed by atoms with Crippen molar-refractivity contribution in [1.82, 2.24) is 0 Å². The summed E-state index contributed by atoms with van der Waals surface area (Å²) in [4.78, 5) is 12.2. The van der Waals surface area contributed by atoms with Crippen LogP contribution >= 0.6 is 11.8 Å². The minimum atomic E-state index is -2.53. The van der Waals surface area contributed by atoms with Crippen molar-refractivity contribution in [1.29, 1.82) is 0 Å². The summed E-state index contributed by atoms with van der Waals surface area (Å²) in [5.41, 5.74) is 0.387. The fraction of sp³-hybridized carbons (Fsp3) is 0.188. The Morgan fingerprint density at radius 2 is 1.77 bits per heavy atom. The number of para-hydroxylation sites is 2. The van der Waals surface area contributed by atoms with Gasteiger partial charge in [-0.3, -0.25) is 4.79 Å². The highest BCUT2D eigenvalue weighted by Gasteiger charge is 2.11. The first-order valence-corrected chi connectivity index (χ1v) is 7.54. The van der Waals surface area contributed by atoms with Gasteiger partial charge in [0.15, 0.2) is 0 Å². The largest absolute Gasteiger partial charge is 0.493 e. The number of hydrogen-bond acceptors (Lipinski definition) is 3. The van der Waals surface area contributed by atoms with Crippen LogP contribution in [0.15, 0.2) is 59.5 Å². The Hall–Kier alpha value is -2.08. The molecule has 1 amide bonds. The number of alkyl halides is 2. The molecule has 0 unspecified atom stereocenters. The molecule has 0 heterocycles. The van der Waals surface area contributed by atoms with E-state index in [9.17, 15) is 13.6 Å². The maximum Gasteiger partial charge on any atom is 0.288 e. The maximum atomic E-state index is 12.5. The number of anilines is 1. The van der Waals surface area contributed by atoms with Gasteiger partial charge in [0.05, 0.1) is 18.7 Å². The second-order valence-electron chi connectivity index (χ2n) is 4.33. The highest BCUT2D eigenvalue weighted by atomic mass is 32.2. The van der Waals surface area contributed by atoms with E-state index >= 15 is 0 Å². The molecule has 0 radical (unpaired) electrons. The van der Waals surface area contributed by atoms with Gasteiger partial charge in [-0.25, -0.2) is 0 Å². The molecule has 3 nitrogen and oxygen atoms in total. The van der Waals surface area contributed by atoms with Crippen LogP contribution in [0.4, 0.5) is 14.5 Å². The quantitative estimate of drug-likeness (QED) is 0.767. The lowest BCUT2D eigenvalue weighted by molar-refractivity contribution is -0.116. The van der Waals surface area contributed by atoms with Crippen molar-refractivity contribution in [2.24, 2.45) is 0 Å². The molecular weight excluding hydrogens is 308 g/mol. The van der Waals surface area contributed by atoms with E-state index in [0.717, 1.165) is 0 Å². The van der Waals surface area contributed by atoms with Crippen LogP contribution < -0.4 is 10.1 Å². The first-order valence-electron chi connectivity index (χ1n) is 6.66. The second kappa shape index (κ2) is 8.38. The molecule has 22 heavy (non-hydrogen) atoms. The number of amides is 1. The predicted octanol–water partition coefficient (Wildman–Crippen LogP) is 4.41. The zero-order chi connectivity index (χ0) is 15.8. The Bertz CT molecular complexity index is 608. The Labute approximate surface area is 131 Å². The summed E-state index contributed by atoms with van der Waals surface area (Å²) in [5, 5.41) is 2.63. The molecule has 6 heteroatoms. The molecular formula is C16H15F2NO2S. The van der Waals surface area contributed by atoms with Crippen LogP contribution in [0.5, 0.6) is 5.75 Å². The summed E-state index contributed by atoms with van der Waals surface area (Å²) in [6.45, 7) is 0.222. The minimum absolute atomic E-state index is 0.141. The summed E-state index contributed by atoms with van der Waals surface area (Å²) in [6, 6.07) is 15.6. The number of carbonyl (C=O) groups is 1. The Kier molecular flexibility index (Phi) is 6.21. The third-order valence-electron chi connectivity index (χ3n) is 2.72. The van der Waals surface area contributed by atoms with E-state index in [1.54, 1.807) is 36.4 Å². The van der Waals surface area contributed by atoms with E-state index in [1.165, 1.54) is 0 Å². The molecule has 0 aromatic heterocycles. The van der Waals surface area contributed by atoms with E-state index in [1.807, 2.05) is 18.2 Å². The Balaban J connectivity index is 1.84. The third-order valence-corrected chi connectivity index (χ3v) is 3.51. The first-order chi connectivity index (χ1) is 10.6. The van der Waals surface area contributed by atoms with Crippen molar-refractivity contribution in [2.75, 3.05) is 11.9 Å². The molecule has 0 aliphatic carbocycles. The number of carbonyl (C=O) groups excluding carboxylic acids is 1. The Morgan fingerprint density at radius 1 is 1.09 bits per heavy atom. The Morgan fingerprint density at radius 3 is 2.50 bits per heavy atom. The number of benzene rings is 2. The van der Waals surface area contributed by atoms with Crippen LogP contribution in [-0.4, -0.2) is 18.3 Å². The average molecular weight is 323 g/mol. The second-order valence-corrected chi connectivity index (χ2v) is 5.37. The van der Waals surface area contributed by atoms with Crippen LogP contribution in [0.25, 0.3) is 0 Å². The standard InChI is InChI=1S/C16H15F2NO2S/c17-16(18)22-14-9-5-4-8-13(14)19-15(20)10-11-21-12-6-2-1-3-7-12/h1-9,16H,10-11H2,(H,19,20). The predicted molar refractivity (Wildman–Crippen MR) is 83.5 cm³/mol. The third kappa shape index (κ3) is 5.37. The molecule has 0 fully saturated rings. The van der Waals surface area contributed by atoms with Crippen LogP contribution in [-0.2, 0) is 4.79 Å². The van der Waals surface area contributed by atoms with Crippen molar-refractivity contribution in [3.05, 3.63) is 54.6 Å². The lowest BCUT2D eigenvalue weighted by Gasteiger charge is -2.10. The molecule has 2 rings (SSSR count). The van der Waals surface area contributed by atoms with E-state index < -0.39 is 5.76 Å². The van der Waals surface area contributed by atoms with E-state index in [0.29, 0.717) is 28.1 Å². The zero-order valence-corrected chi connectivity index (χ0v) is 12.5. The molecule has 0 saturated heterocycles. The smallest absolute Gasteiger partial charge is 0.288 e.